The van der Waals surface area contributed by atoms with Gasteiger partial charge < -0.3 is 0 Å². The van der Waals surface area contributed by atoms with Crippen LogP contribution < -0.4 is 4.72 Å². The van der Waals surface area contributed by atoms with Gasteiger partial charge in [-0.1, -0.05) is 30.3 Å². The van der Waals surface area contributed by atoms with E-state index in [1.165, 1.54) is 0 Å². The number of aromatic nitrogens is 2. The molecule has 0 aliphatic rings. The predicted molar refractivity (Wildman–Crippen MR) is 97.6 cm³/mol. The molecule has 27 heavy (non-hydrogen) atoms. The number of rotatable bonds is 6. The highest BCUT2D eigenvalue weighted by molar-refractivity contribution is 7.89. The highest BCUT2D eigenvalue weighted by Crippen LogP contribution is 2.18. The summed E-state index contributed by atoms with van der Waals surface area (Å²) in [5.41, 5.74) is 3.30. The molecule has 0 aliphatic heterocycles. The summed E-state index contributed by atoms with van der Waals surface area (Å²) >= 11 is 0. The summed E-state index contributed by atoms with van der Waals surface area (Å²) in [5.74, 6) is -1.96. The standard InChI is InChI=1S/C19H19F2N3O2S/c1-13-17(14(2)24(23-13)12-15-6-4-3-5-7-15)11-22-27(25,26)19-9-8-16(20)10-18(19)21/h3-10,22H,11-12H2,1-2H3. The van der Waals surface area contributed by atoms with Crippen LogP contribution in [-0.2, 0) is 23.1 Å². The van der Waals surface area contributed by atoms with Crippen LogP contribution in [0.5, 0.6) is 0 Å². The zero-order valence-electron chi connectivity index (χ0n) is 14.9. The quantitative estimate of drug-likeness (QED) is 0.701. The van der Waals surface area contributed by atoms with E-state index < -0.39 is 26.6 Å². The van der Waals surface area contributed by atoms with Gasteiger partial charge in [-0.05, 0) is 31.5 Å². The van der Waals surface area contributed by atoms with Gasteiger partial charge in [0, 0.05) is 23.9 Å². The Balaban J connectivity index is 1.80. The predicted octanol–water partition coefficient (Wildman–Crippen LogP) is 3.30. The van der Waals surface area contributed by atoms with Crippen molar-refractivity contribution in [1.82, 2.24) is 14.5 Å². The van der Waals surface area contributed by atoms with Gasteiger partial charge in [0.15, 0.2) is 0 Å². The molecular weight excluding hydrogens is 372 g/mol. The number of sulfonamides is 1. The lowest BCUT2D eigenvalue weighted by Gasteiger charge is -2.09. The molecule has 0 saturated carbocycles. The lowest BCUT2D eigenvalue weighted by molar-refractivity contribution is 0.543. The third kappa shape index (κ3) is 4.23. The minimum atomic E-state index is -4.12. The second-order valence-corrected chi connectivity index (χ2v) is 7.93. The molecule has 1 N–H and O–H groups in total. The third-order valence-corrected chi connectivity index (χ3v) is 5.76. The van der Waals surface area contributed by atoms with E-state index in [2.05, 4.69) is 9.82 Å². The molecule has 5 nitrogen and oxygen atoms in total. The van der Waals surface area contributed by atoms with Crippen LogP contribution in [0.2, 0.25) is 0 Å². The molecule has 0 aliphatic carbocycles. The second kappa shape index (κ2) is 7.58. The molecule has 0 fully saturated rings. The van der Waals surface area contributed by atoms with Gasteiger partial charge in [0.1, 0.15) is 16.5 Å². The van der Waals surface area contributed by atoms with E-state index >= 15 is 0 Å². The van der Waals surface area contributed by atoms with Crippen molar-refractivity contribution in [2.24, 2.45) is 0 Å². The van der Waals surface area contributed by atoms with Crippen LogP contribution in [-0.4, -0.2) is 18.2 Å². The topological polar surface area (TPSA) is 64.0 Å². The molecule has 1 aromatic heterocycles. The number of hydrogen-bond acceptors (Lipinski definition) is 3. The fraction of sp³-hybridized carbons (Fsp3) is 0.211. The molecular formula is C19H19F2N3O2S. The van der Waals surface area contributed by atoms with Gasteiger partial charge in [-0.25, -0.2) is 21.9 Å². The monoisotopic (exact) mass is 391 g/mol. The summed E-state index contributed by atoms with van der Waals surface area (Å²) in [6.07, 6.45) is 0. The van der Waals surface area contributed by atoms with E-state index in [0.29, 0.717) is 18.3 Å². The normalized spacial score (nSPS) is 11.7. The van der Waals surface area contributed by atoms with Gasteiger partial charge in [-0.3, -0.25) is 4.68 Å². The molecule has 142 valence electrons. The zero-order chi connectivity index (χ0) is 19.6. The smallest absolute Gasteiger partial charge is 0.243 e. The molecule has 0 spiro atoms. The molecule has 0 saturated heterocycles. The maximum absolute atomic E-state index is 13.8. The van der Waals surface area contributed by atoms with E-state index in [0.717, 1.165) is 29.0 Å². The van der Waals surface area contributed by atoms with Crippen molar-refractivity contribution in [2.45, 2.75) is 31.8 Å². The second-order valence-electron chi connectivity index (χ2n) is 6.19. The van der Waals surface area contributed by atoms with Crippen molar-refractivity contribution in [3.8, 4) is 0 Å². The molecule has 1 heterocycles. The summed E-state index contributed by atoms with van der Waals surface area (Å²) < 4.78 is 55.7. The Morgan fingerprint density at radius 2 is 1.78 bits per heavy atom. The van der Waals surface area contributed by atoms with E-state index in [-0.39, 0.29) is 6.54 Å². The molecule has 0 bridgehead atoms. The lowest BCUT2D eigenvalue weighted by atomic mass is 10.2. The number of halogens is 2. The SMILES string of the molecule is Cc1nn(Cc2ccccc2)c(C)c1CNS(=O)(=O)c1ccc(F)cc1F. The zero-order valence-corrected chi connectivity index (χ0v) is 15.7. The Hall–Kier alpha value is -2.58. The van der Waals surface area contributed by atoms with E-state index in [1.807, 2.05) is 37.3 Å². The number of nitrogens with one attached hydrogen (secondary N) is 1. The Morgan fingerprint density at radius 1 is 1.07 bits per heavy atom. The van der Waals surface area contributed by atoms with Gasteiger partial charge in [-0.15, -0.1) is 0 Å². The van der Waals surface area contributed by atoms with E-state index in [1.54, 1.807) is 11.6 Å². The summed E-state index contributed by atoms with van der Waals surface area (Å²) in [6, 6.07) is 12.1. The average Bonchev–Trinajstić information content (AvgIpc) is 2.87. The largest absolute Gasteiger partial charge is 0.265 e. The fourth-order valence-electron chi connectivity index (χ4n) is 2.84. The number of benzene rings is 2. The van der Waals surface area contributed by atoms with Crippen LogP contribution in [0.25, 0.3) is 0 Å². The van der Waals surface area contributed by atoms with Crippen LogP contribution >= 0.6 is 0 Å². The van der Waals surface area contributed by atoms with Crippen LogP contribution in [0.3, 0.4) is 0 Å². The Morgan fingerprint density at radius 3 is 2.44 bits per heavy atom. The average molecular weight is 391 g/mol. The van der Waals surface area contributed by atoms with Crippen LogP contribution in [0.1, 0.15) is 22.5 Å². The van der Waals surface area contributed by atoms with Crippen molar-refractivity contribution < 1.29 is 17.2 Å². The molecule has 0 unspecified atom stereocenters. The van der Waals surface area contributed by atoms with Gasteiger partial charge in [0.2, 0.25) is 10.0 Å². The van der Waals surface area contributed by atoms with Gasteiger partial charge >= 0.3 is 0 Å². The van der Waals surface area contributed by atoms with Crippen LogP contribution in [0.4, 0.5) is 8.78 Å². The maximum atomic E-state index is 13.8. The first-order chi connectivity index (χ1) is 12.8. The molecule has 3 rings (SSSR count). The molecule has 0 radical (unpaired) electrons. The highest BCUT2D eigenvalue weighted by atomic mass is 32.2. The molecule has 8 heteroatoms. The number of aryl methyl sites for hydroxylation is 1. The lowest BCUT2D eigenvalue weighted by Crippen LogP contribution is -2.24. The van der Waals surface area contributed by atoms with Gasteiger partial charge in [0.25, 0.3) is 0 Å². The number of hydrogen-bond donors (Lipinski definition) is 1. The van der Waals surface area contributed by atoms with E-state index in [4.69, 9.17) is 0 Å². The summed E-state index contributed by atoms with van der Waals surface area (Å²) in [5, 5.41) is 4.47. The first kappa shape index (κ1) is 19.2. The van der Waals surface area contributed by atoms with Crippen molar-refractivity contribution in [3.63, 3.8) is 0 Å². The Kier molecular flexibility index (Phi) is 5.38. The summed E-state index contributed by atoms with van der Waals surface area (Å²) in [6.45, 7) is 4.17. The van der Waals surface area contributed by atoms with Crippen LogP contribution in [0, 0.1) is 25.5 Å². The van der Waals surface area contributed by atoms with Crippen molar-refractivity contribution in [3.05, 3.63) is 82.7 Å². The number of nitrogens with zero attached hydrogens (tertiary/aromatic N) is 2. The molecule has 3 aromatic rings. The van der Waals surface area contributed by atoms with Crippen molar-refractivity contribution in [2.75, 3.05) is 0 Å². The highest BCUT2D eigenvalue weighted by Gasteiger charge is 2.21. The van der Waals surface area contributed by atoms with Gasteiger partial charge in [0.05, 0.1) is 12.2 Å². The van der Waals surface area contributed by atoms with Crippen LogP contribution in [0.15, 0.2) is 53.4 Å². The van der Waals surface area contributed by atoms with Crippen molar-refractivity contribution in [1.29, 1.82) is 0 Å². The first-order valence-electron chi connectivity index (χ1n) is 8.29. The minimum Gasteiger partial charge on any atom is -0.265 e. The Labute approximate surface area is 156 Å². The molecule has 2 aromatic carbocycles. The fourth-order valence-corrected chi connectivity index (χ4v) is 3.89. The first-order valence-corrected chi connectivity index (χ1v) is 9.78. The minimum absolute atomic E-state index is 0.0361. The summed E-state index contributed by atoms with van der Waals surface area (Å²) in [7, 11) is -4.12. The summed E-state index contributed by atoms with van der Waals surface area (Å²) in [4.78, 5) is -0.587. The van der Waals surface area contributed by atoms with Gasteiger partial charge in [-0.2, -0.15) is 5.10 Å². The molecule has 0 amide bonds. The molecule has 0 atom stereocenters. The Bertz CT molecular complexity index is 1060. The maximum Gasteiger partial charge on any atom is 0.243 e. The third-order valence-electron chi connectivity index (χ3n) is 4.33. The van der Waals surface area contributed by atoms with Crippen molar-refractivity contribution >= 4 is 10.0 Å². The van der Waals surface area contributed by atoms with E-state index in [9.17, 15) is 17.2 Å².